The predicted molar refractivity (Wildman–Crippen MR) is 135 cm³/mol. The Bertz CT molecular complexity index is 544. The molecule has 0 atom stereocenters. The van der Waals surface area contributed by atoms with Crippen molar-refractivity contribution in [2.75, 3.05) is 66.0 Å². The summed E-state index contributed by atoms with van der Waals surface area (Å²) in [7, 11) is 2.24. The second kappa shape index (κ2) is 13.1. The summed E-state index contributed by atoms with van der Waals surface area (Å²) in [5.41, 5.74) is 0.219. The number of hydrogen-bond acceptors (Lipinski definition) is 4. The number of nitrogens with one attached hydrogen (secondary N) is 2. The standard InChI is InChI=1S/C22H42N6O.HI/c1-3-23-21(24-12-8-14-27-13-7-9-20(27)29)25-19-22(10-17-26(2)18-11-22)28-15-5-4-6-16-28;/h3-19H2,1-2H3,(H2,23,24,25);1H. The summed E-state index contributed by atoms with van der Waals surface area (Å²) in [6.45, 7) is 11.3. The molecule has 3 rings (SSSR count). The lowest BCUT2D eigenvalue weighted by Gasteiger charge is -2.49. The Morgan fingerprint density at radius 1 is 1.03 bits per heavy atom. The molecule has 0 aromatic carbocycles. The molecule has 0 unspecified atom stereocenters. The molecule has 3 fully saturated rings. The highest BCUT2D eigenvalue weighted by Gasteiger charge is 2.39. The zero-order chi connectivity index (χ0) is 20.5. The van der Waals surface area contributed by atoms with Gasteiger partial charge in [0.15, 0.2) is 5.96 Å². The number of rotatable bonds is 8. The lowest BCUT2D eigenvalue weighted by Crippen LogP contribution is -2.58. The summed E-state index contributed by atoms with van der Waals surface area (Å²) >= 11 is 0. The maximum Gasteiger partial charge on any atom is 0.222 e. The van der Waals surface area contributed by atoms with Crippen LogP contribution in [0, 0.1) is 0 Å². The van der Waals surface area contributed by atoms with E-state index in [1.54, 1.807) is 0 Å². The maximum absolute atomic E-state index is 11.8. The Morgan fingerprint density at radius 3 is 2.40 bits per heavy atom. The van der Waals surface area contributed by atoms with Crippen molar-refractivity contribution in [3.63, 3.8) is 0 Å². The lowest BCUT2D eigenvalue weighted by molar-refractivity contribution is -0.127. The Hall–Kier alpha value is -0.610. The van der Waals surface area contributed by atoms with E-state index in [2.05, 4.69) is 34.4 Å². The Labute approximate surface area is 200 Å². The van der Waals surface area contributed by atoms with Gasteiger partial charge in [-0.3, -0.25) is 14.7 Å². The van der Waals surface area contributed by atoms with E-state index in [9.17, 15) is 4.79 Å². The third kappa shape index (κ3) is 7.22. The average Bonchev–Trinajstić information content (AvgIpc) is 3.16. The minimum atomic E-state index is 0. The topological polar surface area (TPSA) is 63.2 Å². The average molecular weight is 535 g/mol. The van der Waals surface area contributed by atoms with Crippen LogP contribution in [0.25, 0.3) is 0 Å². The zero-order valence-electron chi connectivity index (χ0n) is 19.1. The molecule has 0 bridgehead atoms. The lowest BCUT2D eigenvalue weighted by atomic mass is 9.84. The molecule has 3 aliphatic heterocycles. The van der Waals surface area contributed by atoms with E-state index in [1.165, 1.54) is 58.3 Å². The minimum absolute atomic E-state index is 0. The van der Waals surface area contributed by atoms with Crippen molar-refractivity contribution < 1.29 is 4.79 Å². The van der Waals surface area contributed by atoms with Gasteiger partial charge in [-0.2, -0.15) is 0 Å². The van der Waals surface area contributed by atoms with Crippen molar-refractivity contribution >= 4 is 35.8 Å². The van der Waals surface area contributed by atoms with Gasteiger partial charge in [0.1, 0.15) is 0 Å². The first kappa shape index (κ1) is 25.6. The summed E-state index contributed by atoms with van der Waals surface area (Å²) in [6, 6.07) is 0. The van der Waals surface area contributed by atoms with Gasteiger partial charge in [-0.05, 0) is 78.7 Å². The van der Waals surface area contributed by atoms with Crippen molar-refractivity contribution in [1.29, 1.82) is 0 Å². The van der Waals surface area contributed by atoms with Crippen LogP contribution in [0.15, 0.2) is 4.99 Å². The number of hydrogen-bond donors (Lipinski definition) is 2. The largest absolute Gasteiger partial charge is 0.357 e. The molecule has 174 valence electrons. The number of halogens is 1. The molecule has 0 saturated carbocycles. The van der Waals surface area contributed by atoms with Gasteiger partial charge in [-0.15, -0.1) is 24.0 Å². The van der Waals surface area contributed by atoms with E-state index >= 15 is 0 Å². The molecule has 0 radical (unpaired) electrons. The number of aliphatic imine (C=N–C) groups is 1. The Kier molecular flexibility index (Phi) is 11.2. The fourth-order valence-corrected chi connectivity index (χ4v) is 4.96. The predicted octanol–water partition coefficient (Wildman–Crippen LogP) is 2.12. The molecular formula is C22H43IN6O. The first-order chi connectivity index (χ1) is 14.1. The van der Waals surface area contributed by atoms with Crippen LogP contribution in [-0.4, -0.2) is 98.1 Å². The van der Waals surface area contributed by atoms with Crippen LogP contribution in [0.2, 0.25) is 0 Å². The molecule has 1 amide bonds. The van der Waals surface area contributed by atoms with Crippen molar-refractivity contribution in [3.8, 4) is 0 Å². The number of nitrogens with zero attached hydrogens (tertiary/aromatic N) is 4. The summed E-state index contributed by atoms with van der Waals surface area (Å²) in [5, 5.41) is 6.92. The van der Waals surface area contributed by atoms with Crippen LogP contribution < -0.4 is 10.6 Å². The highest BCUT2D eigenvalue weighted by Crippen LogP contribution is 2.31. The van der Waals surface area contributed by atoms with Gasteiger partial charge < -0.3 is 20.4 Å². The molecule has 0 aromatic rings. The maximum atomic E-state index is 11.8. The number of guanidine groups is 1. The number of carbonyl (C=O) groups is 1. The summed E-state index contributed by atoms with van der Waals surface area (Å²) < 4.78 is 0. The quantitative estimate of drug-likeness (QED) is 0.216. The molecule has 3 aliphatic rings. The normalized spacial score (nSPS) is 23.3. The first-order valence-electron chi connectivity index (χ1n) is 11.9. The van der Waals surface area contributed by atoms with Gasteiger partial charge in [0.05, 0.1) is 6.54 Å². The monoisotopic (exact) mass is 534 g/mol. The highest BCUT2D eigenvalue weighted by molar-refractivity contribution is 14.0. The number of piperidine rings is 2. The molecule has 8 heteroatoms. The van der Waals surface area contributed by atoms with Crippen LogP contribution in [0.4, 0.5) is 0 Å². The van der Waals surface area contributed by atoms with E-state index in [-0.39, 0.29) is 29.5 Å². The van der Waals surface area contributed by atoms with Crippen molar-refractivity contribution in [2.45, 2.75) is 63.8 Å². The van der Waals surface area contributed by atoms with Crippen molar-refractivity contribution in [2.24, 2.45) is 4.99 Å². The first-order valence-corrected chi connectivity index (χ1v) is 11.9. The van der Waals surface area contributed by atoms with Gasteiger partial charge in [-0.25, -0.2) is 0 Å². The van der Waals surface area contributed by atoms with Crippen LogP contribution in [0.5, 0.6) is 0 Å². The van der Waals surface area contributed by atoms with E-state index in [1.807, 2.05) is 4.90 Å². The second-order valence-corrected chi connectivity index (χ2v) is 9.04. The van der Waals surface area contributed by atoms with E-state index < -0.39 is 0 Å². The van der Waals surface area contributed by atoms with Crippen LogP contribution in [0.1, 0.15) is 58.3 Å². The van der Waals surface area contributed by atoms with Gasteiger partial charge >= 0.3 is 0 Å². The number of carbonyl (C=O) groups excluding carboxylic acids is 1. The van der Waals surface area contributed by atoms with E-state index in [0.717, 1.165) is 57.9 Å². The van der Waals surface area contributed by atoms with Crippen molar-refractivity contribution in [1.82, 2.24) is 25.3 Å². The summed E-state index contributed by atoms with van der Waals surface area (Å²) in [5.74, 6) is 1.24. The van der Waals surface area contributed by atoms with Gasteiger partial charge in [-0.1, -0.05) is 6.42 Å². The van der Waals surface area contributed by atoms with Gasteiger partial charge in [0.25, 0.3) is 0 Å². The molecule has 3 heterocycles. The Balaban J connectivity index is 0.00000320. The number of amides is 1. The highest BCUT2D eigenvalue weighted by atomic mass is 127. The fourth-order valence-electron chi connectivity index (χ4n) is 4.96. The molecule has 2 N–H and O–H groups in total. The van der Waals surface area contributed by atoms with E-state index in [4.69, 9.17) is 4.99 Å². The fraction of sp³-hybridized carbons (Fsp3) is 0.909. The zero-order valence-corrected chi connectivity index (χ0v) is 21.5. The smallest absolute Gasteiger partial charge is 0.222 e. The molecular weight excluding hydrogens is 491 g/mol. The summed E-state index contributed by atoms with van der Waals surface area (Å²) in [4.78, 5) is 24.0. The third-order valence-electron chi connectivity index (χ3n) is 6.89. The van der Waals surface area contributed by atoms with E-state index in [0.29, 0.717) is 5.91 Å². The molecule has 0 spiro atoms. The van der Waals surface area contributed by atoms with Crippen LogP contribution in [-0.2, 0) is 4.79 Å². The third-order valence-corrected chi connectivity index (χ3v) is 6.89. The number of likely N-dealkylation sites (tertiary alicyclic amines) is 3. The van der Waals surface area contributed by atoms with Crippen molar-refractivity contribution in [3.05, 3.63) is 0 Å². The molecule has 0 aliphatic carbocycles. The molecule has 7 nitrogen and oxygen atoms in total. The summed E-state index contributed by atoms with van der Waals surface area (Å²) in [6.07, 6.45) is 9.17. The second-order valence-electron chi connectivity index (χ2n) is 9.04. The van der Waals surface area contributed by atoms with Gasteiger partial charge in [0.2, 0.25) is 5.91 Å². The van der Waals surface area contributed by atoms with Gasteiger partial charge in [0, 0.05) is 38.1 Å². The molecule has 3 saturated heterocycles. The molecule has 0 aromatic heterocycles. The van der Waals surface area contributed by atoms with Crippen LogP contribution >= 0.6 is 24.0 Å². The minimum Gasteiger partial charge on any atom is -0.357 e. The van der Waals surface area contributed by atoms with Crippen LogP contribution in [0.3, 0.4) is 0 Å². The SMILES string of the molecule is CCNC(=NCC1(N2CCCCC2)CCN(C)CC1)NCCCN1CCCC1=O.I. The molecule has 30 heavy (non-hydrogen) atoms. The Morgan fingerprint density at radius 2 is 1.77 bits per heavy atom.